The second-order valence-electron chi connectivity index (χ2n) is 9.61. The molecule has 16 heteroatoms. The number of methoxy groups -OCH3 is 3. The Kier molecular flexibility index (Phi) is 14.3. The third-order valence-corrected chi connectivity index (χ3v) is 6.17. The van der Waals surface area contributed by atoms with Gasteiger partial charge < -0.3 is 40.4 Å². The van der Waals surface area contributed by atoms with Gasteiger partial charge in [0.1, 0.15) is 29.4 Å². The fourth-order valence-electron chi connectivity index (χ4n) is 4.01. The van der Waals surface area contributed by atoms with Gasteiger partial charge in [0.05, 0.1) is 20.8 Å². The van der Waals surface area contributed by atoms with E-state index in [4.69, 9.17) is 45.1 Å². The summed E-state index contributed by atoms with van der Waals surface area (Å²) >= 11 is 0. The monoisotopic (exact) mass is 662 g/mol. The predicted molar refractivity (Wildman–Crippen MR) is 171 cm³/mol. The molecule has 0 bridgehead atoms. The Morgan fingerprint density at radius 3 is 2.19 bits per heavy atom. The number of carbonyl (C=O) groups excluding carboxylic acids is 1. The molecule has 0 saturated carbocycles. The van der Waals surface area contributed by atoms with Gasteiger partial charge in [0.25, 0.3) is 0 Å². The molecule has 0 aliphatic rings. The number of nitrogens with zero attached hydrogens (tertiary/aromatic N) is 2. The van der Waals surface area contributed by atoms with E-state index in [1.165, 1.54) is 0 Å². The molecule has 254 valence electrons. The molecule has 0 spiro atoms. The zero-order chi connectivity index (χ0) is 35.1. The van der Waals surface area contributed by atoms with Crippen LogP contribution in [0.5, 0.6) is 17.2 Å². The number of hydrogen-bond donors (Lipinski definition) is 5. The smallest absolute Gasteiger partial charge is 0.490 e. The molecule has 3 aromatic carbocycles. The van der Waals surface area contributed by atoms with Gasteiger partial charge in [-0.05, 0) is 61.0 Å². The maximum absolute atomic E-state index is 11.8. The number of aliphatic carboxylic acids is 1. The molecule has 3 rings (SSSR count). The fourth-order valence-corrected chi connectivity index (χ4v) is 4.01. The number of hydrogen-bond acceptors (Lipinski definition) is 10. The first-order chi connectivity index (χ1) is 22.2. The summed E-state index contributed by atoms with van der Waals surface area (Å²) in [5, 5.41) is 27.3. The summed E-state index contributed by atoms with van der Waals surface area (Å²) in [6, 6.07) is 19.4. The van der Waals surface area contributed by atoms with Crippen molar-refractivity contribution in [2.75, 3.05) is 45.3 Å². The summed E-state index contributed by atoms with van der Waals surface area (Å²) in [5.74, 6) is -0.808. The number of alkyl halides is 3. The number of carboxylic acids is 1. The molecule has 0 radical (unpaired) electrons. The lowest BCUT2D eigenvalue weighted by molar-refractivity contribution is -0.192. The minimum Gasteiger partial charge on any atom is -0.495 e. The molecular weight excluding hydrogens is 625 g/mol. The van der Waals surface area contributed by atoms with Crippen molar-refractivity contribution >= 4 is 35.4 Å². The molecule has 3 aromatic rings. The first-order valence-electron chi connectivity index (χ1n) is 13.8. The van der Waals surface area contributed by atoms with E-state index >= 15 is 0 Å². The number of nitrogens with one attached hydrogen (secondary N) is 3. The van der Waals surface area contributed by atoms with E-state index < -0.39 is 18.2 Å². The number of halogens is 3. The van der Waals surface area contributed by atoms with Gasteiger partial charge in [-0.25, -0.2) is 4.79 Å². The number of para-hydroxylation sites is 2. The Bertz CT molecular complexity index is 1520. The number of carboxylic acid groups (broad SMARTS) is 1. The first-order valence-corrected chi connectivity index (χ1v) is 13.8. The van der Waals surface area contributed by atoms with Crippen molar-refractivity contribution < 1.29 is 46.8 Å². The number of rotatable bonds is 14. The Morgan fingerprint density at radius 2 is 1.66 bits per heavy atom. The summed E-state index contributed by atoms with van der Waals surface area (Å²) in [6.45, 7) is 2.32. The van der Waals surface area contributed by atoms with Crippen LogP contribution in [0.1, 0.15) is 24.1 Å². The summed E-state index contributed by atoms with van der Waals surface area (Å²) in [4.78, 5) is 20.7. The molecule has 0 fully saturated rings. The molecule has 2 unspecified atom stereocenters. The number of benzene rings is 3. The first kappa shape index (κ1) is 37.7. The topological polar surface area (TPSA) is 181 Å². The summed E-state index contributed by atoms with van der Waals surface area (Å²) in [5.41, 5.74) is 8.36. The van der Waals surface area contributed by atoms with Crippen molar-refractivity contribution in [3.63, 3.8) is 0 Å². The maximum Gasteiger partial charge on any atom is 0.490 e. The van der Waals surface area contributed by atoms with Crippen LogP contribution in [0.3, 0.4) is 0 Å². The van der Waals surface area contributed by atoms with Gasteiger partial charge in [0.2, 0.25) is 6.41 Å². The van der Waals surface area contributed by atoms with Crippen LogP contribution in [-0.4, -0.2) is 76.4 Å². The van der Waals surface area contributed by atoms with E-state index in [0.717, 1.165) is 5.56 Å². The second kappa shape index (κ2) is 17.8. The number of nitrogens with two attached hydrogens (primary N) is 1. The lowest BCUT2D eigenvalue weighted by Crippen LogP contribution is -2.35. The standard InChI is InChI=1S/C29H36N6O5.C2HF3O2/c1-19(17-37-3)40-25-15-12-21(16-26(25)39-5)27(33-22-13-10-20(11-14-22)28(30)31)29(32-18-36)34-35(2)23-8-6-7-9-24(23)38-4;3-2(4,5)1(6)7/h6-16,18-19,27,33H,17H2,1-5H3,(H3,30,31)(H,32,34,36);(H,6,7). The zero-order valence-corrected chi connectivity index (χ0v) is 26.3. The molecule has 2 atom stereocenters. The SMILES string of the molecule is COCC(C)Oc1ccc(C(Nc2ccc(C(=N)N)cc2)/C(=N/N(C)c2ccccc2OC)NC=O)cc1OC.O=C(O)C(F)(F)F. The average molecular weight is 663 g/mol. The minimum atomic E-state index is -5.08. The molecule has 0 aromatic heterocycles. The van der Waals surface area contributed by atoms with Gasteiger partial charge in [-0.1, -0.05) is 18.2 Å². The van der Waals surface area contributed by atoms with Crippen LogP contribution >= 0.6 is 0 Å². The van der Waals surface area contributed by atoms with Gasteiger partial charge in [0, 0.05) is 25.4 Å². The predicted octanol–water partition coefficient (Wildman–Crippen LogP) is 4.38. The van der Waals surface area contributed by atoms with Crippen LogP contribution < -0.4 is 35.6 Å². The highest BCUT2D eigenvalue weighted by Gasteiger charge is 2.38. The number of carbonyl (C=O) groups is 2. The van der Waals surface area contributed by atoms with E-state index in [1.807, 2.05) is 43.3 Å². The van der Waals surface area contributed by atoms with Crippen LogP contribution in [0.15, 0.2) is 71.8 Å². The molecule has 0 aliphatic carbocycles. The van der Waals surface area contributed by atoms with Crippen molar-refractivity contribution in [3.05, 3.63) is 77.9 Å². The van der Waals surface area contributed by atoms with E-state index in [-0.39, 0.29) is 11.9 Å². The molecular formula is C31H37F3N6O7. The van der Waals surface area contributed by atoms with E-state index in [1.54, 1.807) is 63.7 Å². The number of anilines is 2. The third kappa shape index (κ3) is 11.4. The zero-order valence-electron chi connectivity index (χ0n) is 26.3. The molecule has 47 heavy (non-hydrogen) atoms. The second-order valence-corrected chi connectivity index (χ2v) is 9.61. The number of amidine groups is 2. The Balaban J connectivity index is 0.000000984. The quantitative estimate of drug-likeness (QED) is 0.0719. The van der Waals surface area contributed by atoms with E-state index in [2.05, 4.69) is 10.6 Å². The summed E-state index contributed by atoms with van der Waals surface area (Å²) in [6.07, 6.45) is -4.70. The van der Waals surface area contributed by atoms with Gasteiger partial charge in [-0.2, -0.15) is 18.3 Å². The van der Waals surface area contributed by atoms with Gasteiger partial charge in [0.15, 0.2) is 17.3 Å². The van der Waals surface area contributed by atoms with Crippen LogP contribution in [-0.2, 0) is 14.3 Å². The molecule has 13 nitrogen and oxygen atoms in total. The van der Waals surface area contributed by atoms with Crippen molar-refractivity contribution in [1.29, 1.82) is 5.41 Å². The largest absolute Gasteiger partial charge is 0.495 e. The van der Waals surface area contributed by atoms with Crippen molar-refractivity contribution in [3.8, 4) is 17.2 Å². The van der Waals surface area contributed by atoms with Crippen LogP contribution in [0.2, 0.25) is 0 Å². The van der Waals surface area contributed by atoms with Crippen molar-refractivity contribution in [2.24, 2.45) is 10.8 Å². The maximum atomic E-state index is 11.8. The highest BCUT2D eigenvalue weighted by atomic mass is 19.4. The average Bonchev–Trinajstić information content (AvgIpc) is 3.03. The van der Waals surface area contributed by atoms with Gasteiger partial charge in [-0.15, -0.1) is 0 Å². The van der Waals surface area contributed by atoms with Crippen LogP contribution in [0, 0.1) is 5.41 Å². The third-order valence-electron chi connectivity index (χ3n) is 6.17. The Labute approximate surface area is 269 Å². The fraction of sp³-hybridized carbons (Fsp3) is 0.290. The van der Waals surface area contributed by atoms with Gasteiger partial charge >= 0.3 is 12.1 Å². The summed E-state index contributed by atoms with van der Waals surface area (Å²) in [7, 11) is 6.52. The number of nitrogen functional groups attached to an aromatic ring is 1. The lowest BCUT2D eigenvalue weighted by Gasteiger charge is -2.25. The molecule has 0 saturated heterocycles. The van der Waals surface area contributed by atoms with Crippen molar-refractivity contribution in [2.45, 2.75) is 25.2 Å². The van der Waals surface area contributed by atoms with Crippen molar-refractivity contribution in [1.82, 2.24) is 5.32 Å². The number of ether oxygens (including phenoxy) is 4. The molecule has 1 amide bonds. The highest BCUT2D eigenvalue weighted by Crippen LogP contribution is 2.33. The lowest BCUT2D eigenvalue weighted by atomic mass is 10.0. The van der Waals surface area contributed by atoms with E-state index in [9.17, 15) is 18.0 Å². The van der Waals surface area contributed by atoms with Gasteiger partial charge in [-0.3, -0.25) is 15.2 Å². The van der Waals surface area contributed by atoms with E-state index in [0.29, 0.717) is 53.0 Å². The minimum absolute atomic E-state index is 0.0329. The van der Waals surface area contributed by atoms with Crippen LogP contribution in [0.4, 0.5) is 24.5 Å². The Hall–Kier alpha value is -5.51. The number of hydrazone groups is 1. The van der Waals surface area contributed by atoms with Crippen LogP contribution in [0.25, 0.3) is 0 Å². The molecule has 0 aliphatic heterocycles. The molecule has 6 N–H and O–H groups in total. The Morgan fingerprint density at radius 1 is 1.04 bits per heavy atom. The normalized spacial score (nSPS) is 12.4. The summed E-state index contributed by atoms with van der Waals surface area (Å²) < 4.78 is 54.0. The number of amides is 1. The molecule has 0 heterocycles. The highest BCUT2D eigenvalue weighted by molar-refractivity contribution is 5.98.